The number of rotatable bonds is 11. The van der Waals surface area contributed by atoms with Gasteiger partial charge in [0.1, 0.15) is 12.6 Å². The van der Waals surface area contributed by atoms with E-state index in [0.717, 1.165) is 27.4 Å². The molecule has 7 nitrogen and oxygen atoms in total. The molecular weight excluding hydrogens is 534 g/mol. The Hall–Kier alpha value is -3.36. The number of hydrogen-bond acceptors (Lipinski definition) is 4. The predicted molar refractivity (Wildman–Crippen MR) is 156 cm³/mol. The number of sulfonamides is 1. The van der Waals surface area contributed by atoms with Gasteiger partial charge in [-0.3, -0.25) is 13.9 Å². The highest BCUT2D eigenvalue weighted by Crippen LogP contribution is 2.31. The van der Waals surface area contributed by atoms with E-state index in [2.05, 4.69) is 5.32 Å². The van der Waals surface area contributed by atoms with E-state index in [-0.39, 0.29) is 17.3 Å². The third-order valence-electron chi connectivity index (χ3n) is 6.59. The number of nitrogens with one attached hydrogen (secondary N) is 1. The normalized spacial score (nSPS) is 12.1. The first kappa shape index (κ1) is 30.2. The van der Waals surface area contributed by atoms with Gasteiger partial charge < -0.3 is 10.2 Å². The molecule has 0 spiro atoms. The van der Waals surface area contributed by atoms with Crippen LogP contribution < -0.4 is 9.62 Å². The molecule has 0 aliphatic carbocycles. The molecule has 0 radical (unpaired) electrons. The van der Waals surface area contributed by atoms with E-state index in [1.54, 1.807) is 44.2 Å². The van der Waals surface area contributed by atoms with Crippen LogP contribution in [0.3, 0.4) is 0 Å². The average Bonchev–Trinajstić information content (AvgIpc) is 2.91. The summed E-state index contributed by atoms with van der Waals surface area (Å²) in [6.45, 7) is 9.26. The highest BCUT2D eigenvalue weighted by molar-refractivity contribution is 7.92. The summed E-state index contributed by atoms with van der Waals surface area (Å²) in [4.78, 5) is 28.4. The molecular formula is C30H36ClN3O4S. The number of amides is 2. The zero-order valence-corrected chi connectivity index (χ0v) is 24.6. The van der Waals surface area contributed by atoms with Crippen molar-refractivity contribution in [1.29, 1.82) is 0 Å². The van der Waals surface area contributed by atoms with Crippen LogP contribution in [0.5, 0.6) is 0 Å². The van der Waals surface area contributed by atoms with Crippen molar-refractivity contribution >= 4 is 39.1 Å². The molecule has 0 bridgehead atoms. The van der Waals surface area contributed by atoms with E-state index < -0.39 is 28.5 Å². The van der Waals surface area contributed by atoms with Gasteiger partial charge in [0.05, 0.1) is 10.6 Å². The third kappa shape index (κ3) is 7.40. The first-order valence-electron chi connectivity index (χ1n) is 12.9. The topological polar surface area (TPSA) is 86.8 Å². The van der Waals surface area contributed by atoms with Gasteiger partial charge in [0, 0.05) is 18.1 Å². The van der Waals surface area contributed by atoms with Gasteiger partial charge in [0.2, 0.25) is 11.8 Å². The SMILES string of the molecule is CCCNC(=O)[C@H](C)N(Cc1ccc(C)cc1)C(=O)CN(c1cccc(Cl)c1C)S(=O)(=O)c1ccc(C)cc1. The van der Waals surface area contributed by atoms with Crippen LogP contribution in [0.2, 0.25) is 5.02 Å². The number of hydrogen-bond donors (Lipinski definition) is 1. The second kappa shape index (κ2) is 13.1. The molecule has 208 valence electrons. The van der Waals surface area contributed by atoms with E-state index in [1.807, 2.05) is 45.0 Å². The average molecular weight is 570 g/mol. The first-order chi connectivity index (χ1) is 18.4. The lowest BCUT2D eigenvalue weighted by atomic mass is 10.1. The van der Waals surface area contributed by atoms with Gasteiger partial charge in [-0.05, 0) is 69.5 Å². The van der Waals surface area contributed by atoms with Crippen LogP contribution >= 0.6 is 11.6 Å². The predicted octanol–water partition coefficient (Wildman–Crippen LogP) is 5.40. The summed E-state index contributed by atoms with van der Waals surface area (Å²) in [6, 6.07) is 18.2. The van der Waals surface area contributed by atoms with E-state index in [9.17, 15) is 18.0 Å². The molecule has 0 aliphatic rings. The van der Waals surface area contributed by atoms with Crippen molar-refractivity contribution in [2.75, 3.05) is 17.4 Å². The molecule has 0 aliphatic heterocycles. The molecule has 2 amide bonds. The Balaban J connectivity index is 2.05. The fourth-order valence-electron chi connectivity index (χ4n) is 4.09. The Kier molecular flexibility index (Phi) is 10.2. The van der Waals surface area contributed by atoms with Crippen molar-refractivity contribution in [3.63, 3.8) is 0 Å². The van der Waals surface area contributed by atoms with Crippen LogP contribution in [0, 0.1) is 20.8 Å². The number of halogens is 1. The molecule has 3 aromatic carbocycles. The molecule has 39 heavy (non-hydrogen) atoms. The summed E-state index contributed by atoms with van der Waals surface area (Å²) in [7, 11) is -4.15. The highest BCUT2D eigenvalue weighted by atomic mass is 35.5. The number of benzene rings is 3. The molecule has 1 N–H and O–H groups in total. The lowest BCUT2D eigenvalue weighted by Crippen LogP contribution is -2.51. The Labute approximate surface area is 236 Å². The van der Waals surface area contributed by atoms with Crippen molar-refractivity contribution < 1.29 is 18.0 Å². The van der Waals surface area contributed by atoms with Gasteiger partial charge in [-0.25, -0.2) is 8.42 Å². The van der Waals surface area contributed by atoms with E-state index in [0.29, 0.717) is 22.8 Å². The van der Waals surface area contributed by atoms with Crippen LogP contribution in [-0.2, 0) is 26.2 Å². The first-order valence-corrected chi connectivity index (χ1v) is 14.7. The van der Waals surface area contributed by atoms with Crippen LogP contribution in [-0.4, -0.2) is 44.3 Å². The second-order valence-electron chi connectivity index (χ2n) is 9.68. The Bertz CT molecular complexity index is 1410. The molecule has 0 fully saturated rings. The summed E-state index contributed by atoms with van der Waals surface area (Å²) in [6.07, 6.45) is 0.751. The fourth-order valence-corrected chi connectivity index (χ4v) is 5.73. The minimum atomic E-state index is -4.15. The van der Waals surface area contributed by atoms with Crippen molar-refractivity contribution in [2.24, 2.45) is 0 Å². The second-order valence-corrected chi connectivity index (χ2v) is 12.0. The number of anilines is 1. The molecule has 1 atom stereocenters. The van der Waals surface area contributed by atoms with Crippen molar-refractivity contribution in [3.05, 3.63) is 94.0 Å². The summed E-state index contributed by atoms with van der Waals surface area (Å²) in [5.41, 5.74) is 3.64. The number of carbonyl (C=O) groups is 2. The quantitative estimate of drug-likeness (QED) is 0.335. The molecule has 9 heteroatoms. The maximum Gasteiger partial charge on any atom is 0.264 e. The Morgan fingerprint density at radius 3 is 2.10 bits per heavy atom. The van der Waals surface area contributed by atoms with Gasteiger partial charge in [0.25, 0.3) is 10.0 Å². The minimum absolute atomic E-state index is 0.0547. The Morgan fingerprint density at radius 2 is 1.51 bits per heavy atom. The van der Waals surface area contributed by atoms with Crippen LogP contribution in [0.25, 0.3) is 0 Å². The van der Waals surface area contributed by atoms with Crippen molar-refractivity contribution in [1.82, 2.24) is 10.2 Å². The molecule has 0 saturated heterocycles. The molecule has 0 heterocycles. The molecule has 0 aromatic heterocycles. The standard InChI is InChI=1S/C30H36ClN3O4S/c1-6-18-32-30(36)24(5)33(19-25-14-10-21(2)11-15-25)29(35)20-34(28-9-7-8-27(31)23(28)4)39(37,38)26-16-12-22(3)13-17-26/h7-17,24H,6,18-20H2,1-5H3,(H,32,36)/t24-/m0/s1. The number of nitrogens with zero attached hydrogens (tertiary/aromatic N) is 2. The minimum Gasteiger partial charge on any atom is -0.354 e. The van der Waals surface area contributed by atoms with Gasteiger partial charge in [-0.15, -0.1) is 0 Å². The van der Waals surface area contributed by atoms with Gasteiger partial charge >= 0.3 is 0 Å². The summed E-state index contributed by atoms with van der Waals surface area (Å²) in [5, 5.41) is 3.23. The third-order valence-corrected chi connectivity index (χ3v) is 8.77. The monoisotopic (exact) mass is 569 g/mol. The Morgan fingerprint density at radius 1 is 0.923 bits per heavy atom. The van der Waals surface area contributed by atoms with E-state index in [1.165, 1.54) is 17.0 Å². The van der Waals surface area contributed by atoms with E-state index >= 15 is 0 Å². The summed E-state index contributed by atoms with van der Waals surface area (Å²) >= 11 is 6.36. The summed E-state index contributed by atoms with van der Waals surface area (Å²) < 4.78 is 29.0. The largest absolute Gasteiger partial charge is 0.354 e. The summed E-state index contributed by atoms with van der Waals surface area (Å²) in [5.74, 6) is -0.811. The number of aryl methyl sites for hydroxylation is 2. The van der Waals surface area contributed by atoms with Crippen LogP contribution in [0.1, 0.15) is 42.5 Å². The zero-order chi connectivity index (χ0) is 28.7. The zero-order valence-electron chi connectivity index (χ0n) is 23.1. The van der Waals surface area contributed by atoms with Gasteiger partial charge in [-0.2, -0.15) is 0 Å². The lowest BCUT2D eigenvalue weighted by molar-refractivity contribution is -0.139. The lowest BCUT2D eigenvalue weighted by Gasteiger charge is -2.32. The number of carbonyl (C=O) groups excluding carboxylic acids is 2. The maximum atomic E-state index is 14.0. The molecule has 3 aromatic rings. The smallest absolute Gasteiger partial charge is 0.264 e. The highest BCUT2D eigenvalue weighted by Gasteiger charge is 2.33. The van der Waals surface area contributed by atoms with Crippen molar-refractivity contribution in [2.45, 2.75) is 58.5 Å². The van der Waals surface area contributed by atoms with E-state index in [4.69, 9.17) is 11.6 Å². The molecule has 3 rings (SSSR count). The fraction of sp³-hybridized carbons (Fsp3) is 0.333. The molecule has 0 saturated carbocycles. The van der Waals surface area contributed by atoms with Crippen LogP contribution in [0.15, 0.2) is 71.6 Å². The maximum absolute atomic E-state index is 14.0. The van der Waals surface area contributed by atoms with Crippen LogP contribution in [0.4, 0.5) is 5.69 Å². The van der Waals surface area contributed by atoms with Gasteiger partial charge in [0.15, 0.2) is 0 Å². The molecule has 0 unspecified atom stereocenters. The van der Waals surface area contributed by atoms with Gasteiger partial charge in [-0.1, -0.05) is 72.1 Å². The van der Waals surface area contributed by atoms with Crippen molar-refractivity contribution in [3.8, 4) is 0 Å².